The summed E-state index contributed by atoms with van der Waals surface area (Å²) < 4.78 is 5.61. The van der Waals surface area contributed by atoms with Gasteiger partial charge in [-0.05, 0) is 18.1 Å². The van der Waals surface area contributed by atoms with Gasteiger partial charge in [0.25, 0.3) is 0 Å². The fraction of sp³-hybridized carbons (Fsp3) is 0.389. The largest absolute Gasteiger partial charge is 0.388 e. The van der Waals surface area contributed by atoms with E-state index in [0.717, 1.165) is 23.5 Å². The van der Waals surface area contributed by atoms with Gasteiger partial charge in [0.15, 0.2) is 0 Å². The predicted octanol–water partition coefficient (Wildman–Crippen LogP) is 2.17. The van der Waals surface area contributed by atoms with Crippen LogP contribution in [0.15, 0.2) is 41.8 Å². The van der Waals surface area contributed by atoms with E-state index in [2.05, 4.69) is 4.90 Å². The number of benzene rings is 1. The molecule has 2 atom stereocenters. The first kappa shape index (κ1) is 17.1. The van der Waals surface area contributed by atoms with Crippen LogP contribution in [0.25, 0.3) is 0 Å². The third-order valence-electron chi connectivity index (χ3n) is 4.33. The number of nitrogens with two attached hydrogens (primary N) is 1. The number of hydrogen-bond donors (Lipinski definition) is 2. The molecule has 3 N–H and O–H groups in total. The molecule has 0 aliphatic carbocycles. The number of carbonyl (C=O) groups is 1. The van der Waals surface area contributed by atoms with Gasteiger partial charge in [-0.15, -0.1) is 11.3 Å². The zero-order valence-corrected chi connectivity index (χ0v) is 14.2. The predicted molar refractivity (Wildman–Crippen MR) is 93.9 cm³/mol. The van der Waals surface area contributed by atoms with Crippen molar-refractivity contribution in [2.24, 2.45) is 5.73 Å². The molecular weight excluding hydrogens is 324 g/mol. The molecule has 6 heteroatoms. The lowest BCUT2D eigenvalue weighted by Gasteiger charge is -2.36. The van der Waals surface area contributed by atoms with Crippen LogP contribution in [0.2, 0.25) is 0 Å². The summed E-state index contributed by atoms with van der Waals surface area (Å²) in [6.45, 7) is 2.85. The van der Waals surface area contributed by atoms with Gasteiger partial charge in [-0.25, -0.2) is 0 Å². The topological polar surface area (TPSA) is 75.8 Å². The van der Waals surface area contributed by atoms with Crippen LogP contribution in [0.3, 0.4) is 0 Å². The van der Waals surface area contributed by atoms with Gasteiger partial charge in [-0.2, -0.15) is 0 Å². The lowest BCUT2D eigenvalue weighted by atomic mass is 10.0. The van der Waals surface area contributed by atoms with Crippen LogP contribution in [0, 0.1) is 0 Å². The minimum atomic E-state index is -0.509. The average molecular weight is 346 g/mol. The maximum atomic E-state index is 11.2. The van der Waals surface area contributed by atoms with Crippen LogP contribution >= 0.6 is 11.3 Å². The number of hydrogen-bond acceptors (Lipinski definition) is 5. The monoisotopic (exact) mass is 346 g/mol. The first-order chi connectivity index (χ1) is 11.6. The summed E-state index contributed by atoms with van der Waals surface area (Å²) >= 11 is 1.54. The van der Waals surface area contributed by atoms with Gasteiger partial charge in [0.05, 0.1) is 24.9 Å². The Morgan fingerprint density at radius 2 is 2.21 bits per heavy atom. The second-order valence-electron chi connectivity index (χ2n) is 6.03. The fourth-order valence-corrected chi connectivity index (χ4v) is 3.87. The summed E-state index contributed by atoms with van der Waals surface area (Å²) in [5, 5.41) is 12.3. The van der Waals surface area contributed by atoms with Crippen LogP contribution in [0.4, 0.5) is 0 Å². The molecule has 1 aliphatic heterocycles. The highest BCUT2D eigenvalue weighted by molar-refractivity contribution is 7.10. The number of primary amides is 1. The quantitative estimate of drug-likeness (QED) is 0.840. The Morgan fingerprint density at radius 1 is 1.42 bits per heavy atom. The van der Waals surface area contributed by atoms with Crippen LogP contribution < -0.4 is 5.73 Å². The number of rotatable bonds is 6. The molecule has 0 bridgehead atoms. The van der Waals surface area contributed by atoms with Crippen molar-refractivity contribution in [3.8, 4) is 0 Å². The molecule has 5 nitrogen and oxygen atoms in total. The SMILES string of the molecule is NC(=O)c1csc(CN2CCOCC2CC(O)c2ccccc2)c1. The molecule has 0 spiro atoms. The highest BCUT2D eigenvalue weighted by atomic mass is 32.1. The van der Waals surface area contributed by atoms with Crippen molar-refractivity contribution in [2.75, 3.05) is 19.8 Å². The van der Waals surface area contributed by atoms with E-state index in [1.807, 2.05) is 36.4 Å². The molecule has 1 aliphatic rings. The third-order valence-corrected chi connectivity index (χ3v) is 5.25. The molecular formula is C18H22N2O3S. The lowest BCUT2D eigenvalue weighted by Crippen LogP contribution is -2.45. The minimum Gasteiger partial charge on any atom is -0.388 e. The van der Waals surface area contributed by atoms with Gasteiger partial charge in [-0.3, -0.25) is 9.69 Å². The van der Waals surface area contributed by atoms with Gasteiger partial charge in [0.2, 0.25) is 5.91 Å². The molecule has 0 radical (unpaired) electrons. The van der Waals surface area contributed by atoms with Crippen molar-refractivity contribution in [1.82, 2.24) is 4.90 Å². The highest BCUT2D eigenvalue weighted by Gasteiger charge is 2.26. The number of carbonyl (C=O) groups excluding carboxylic acids is 1. The van der Waals surface area contributed by atoms with Gasteiger partial charge in [-0.1, -0.05) is 30.3 Å². The Morgan fingerprint density at radius 3 is 2.92 bits per heavy atom. The normalized spacial score (nSPS) is 20.0. The van der Waals surface area contributed by atoms with Crippen molar-refractivity contribution >= 4 is 17.2 Å². The Kier molecular flexibility index (Phi) is 5.63. The number of nitrogens with zero attached hydrogens (tertiary/aromatic N) is 1. The van der Waals surface area contributed by atoms with Crippen molar-refractivity contribution in [1.29, 1.82) is 0 Å². The molecule has 24 heavy (non-hydrogen) atoms. The van der Waals surface area contributed by atoms with Crippen LogP contribution in [-0.4, -0.2) is 41.7 Å². The lowest BCUT2D eigenvalue weighted by molar-refractivity contribution is -0.0296. The van der Waals surface area contributed by atoms with Crippen LogP contribution in [0.5, 0.6) is 0 Å². The first-order valence-corrected chi connectivity index (χ1v) is 8.93. The molecule has 1 fully saturated rings. The van der Waals surface area contributed by atoms with E-state index in [-0.39, 0.29) is 6.04 Å². The van der Waals surface area contributed by atoms with Gasteiger partial charge >= 0.3 is 0 Å². The summed E-state index contributed by atoms with van der Waals surface area (Å²) in [4.78, 5) is 14.6. The number of morpholine rings is 1. The first-order valence-electron chi connectivity index (χ1n) is 8.05. The van der Waals surface area contributed by atoms with Gasteiger partial charge in [0, 0.05) is 29.4 Å². The van der Waals surface area contributed by atoms with Gasteiger partial charge < -0.3 is 15.6 Å². The van der Waals surface area contributed by atoms with Gasteiger partial charge in [0.1, 0.15) is 0 Å². The molecule has 3 rings (SSSR count). The molecule has 0 saturated carbocycles. The van der Waals surface area contributed by atoms with E-state index >= 15 is 0 Å². The summed E-state index contributed by atoms with van der Waals surface area (Å²) in [5.74, 6) is -0.393. The third kappa shape index (κ3) is 4.21. The van der Waals surface area contributed by atoms with E-state index < -0.39 is 12.0 Å². The number of ether oxygens (including phenoxy) is 1. The second-order valence-corrected chi connectivity index (χ2v) is 7.02. The van der Waals surface area contributed by atoms with E-state index in [4.69, 9.17) is 10.5 Å². The molecule has 2 unspecified atom stereocenters. The molecule has 1 aromatic carbocycles. The molecule has 1 aromatic heterocycles. The molecule has 2 aromatic rings. The zero-order valence-electron chi connectivity index (χ0n) is 13.4. The summed E-state index contributed by atoms with van der Waals surface area (Å²) in [7, 11) is 0. The maximum Gasteiger partial charge on any atom is 0.249 e. The zero-order chi connectivity index (χ0) is 16.9. The standard InChI is InChI=1S/C18H22N2O3S/c19-18(22)14-8-16(24-12-14)10-20-6-7-23-11-15(20)9-17(21)13-4-2-1-3-5-13/h1-5,8,12,15,17,21H,6-7,9-11H2,(H2,19,22). The fourth-order valence-electron chi connectivity index (χ4n) is 2.98. The summed E-state index contributed by atoms with van der Waals surface area (Å²) in [6, 6.07) is 11.7. The Bertz CT molecular complexity index is 674. The number of amides is 1. The van der Waals surface area contributed by atoms with Crippen molar-refractivity contribution in [3.63, 3.8) is 0 Å². The summed E-state index contributed by atoms with van der Waals surface area (Å²) in [6.07, 6.45) is 0.114. The van der Waals surface area contributed by atoms with E-state index in [1.54, 1.807) is 16.7 Å². The van der Waals surface area contributed by atoms with E-state index in [0.29, 0.717) is 25.2 Å². The van der Waals surface area contributed by atoms with Crippen molar-refractivity contribution in [3.05, 3.63) is 57.8 Å². The number of aliphatic hydroxyl groups excluding tert-OH is 1. The van der Waals surface area contributed by atoms with Crippen molar-refractivity contribution in [2.45, 2.75) is 25.1 Å². The second kappa shape index (κ2) is 7.90. The molecule has 1 saturated heterocycles. The smallest absolute Gasteiger partial charge is 0.249 e. The minimum absolute atomic E-state index is 0.146. The number of aliphatic hydroxyl groups is 1. The van der Waals surface area contributed by atoms with E-state index in [9.17, 15) is 9.90 Å². The Balaban J connectivity index is 1.65. The number of thiophene rings is 1. The molecule has 128 valence electrons. The van der Waals surface area contributed by atoms with Crippen LogP contribution in [-0.2, 0) is 11.3 Å². The Hall–Kier alpha value is -1.73. The van der Waals surface area contributed by atoms with E-state index in [1.165, 1.54) is 0 Å². The summed E-state index contributed by atoms with van der Waals surface area (Å²) in [5.41, 5.74) is 6.80. The maximum absolute atomic E-state index is 11.2. The van der Waals surface area contributed by atoms with Crippen LogP contribution in [0.1, 0.15) is 33.3 Å². The molecule has 2 heterocycles. The highest BCUT2D eigenvalue weighted by Crippen LogP contribution is 2.25. The Labute approximate surface area is 145 Å². The van der Waals surface area contributed by atoms with Crippen molar-refractivity contribution < 1.29 is 14.6 Å². The molecule has 1 amide bonds. The average Bonchev–Trinajstić information content (AvgIpc) is 3.06.